The van der Waals surface area contributed by atoms with E-state index in [4.69, 9.17) is 9.63 Å². The number of aliphatic carboxylic acids is 1. The number of rotatable bonds is 4. The molecule has 0 aromatic carbocycles. The van der Waals surface area contributed by atoms with Crippen molar-refractivity contribution in [3.63, 3.8) is 0 Å². The molecule has 7 heteroatoms. The van der Waals surface area contributed by atoms with Crippen LogP contribution in [-0.2, 0) is 11.2 Å². The molecule has 1 saturated heterocycles. The Balaban J connectivity index is 1.99. The largest absolute Gasteiger partial charge is 0.481 e. The van der Waals surface area contributed by atoms with Gasteiger partial charge in [0, 0.05) is 23.2 Å². The third-order valence-corrected chi connectivity index (χ3v) is 5.57. The monoisotopic (exact) mass is 274 g/mol. The first-order valence-electron chi connectivity index (χ1n) is 5.44. The molecule has 1 aliphatic rings. The number of hydrogen-bond donors (Lipinski definition) is 1. The van der Waals surface area contributed by atoms with Gasteiger partial charge in [-0.15, -0.1) is 11.8 Å². The minimum Gasteiger partial charge on any atom is -0.481 e. The highest BCUT2D eigenvalue weighted by atomic mass is 32.2. The lowest BCUT2D eigenvalue weighted by Gasteiger charge is -2.24. The summed E-state index contributed by atoms with van der Waals surface area (Å²) in [5, 5.41) is 13.3. The maximum Gasteiger partial charge on any atom is 0.303 e. The summed E-state index contributed by atoms with van der Waals surface area (Å²) in [6.07, 6.45) is 0.338. The summed E-state index contributed by atoms with van der Waals surface area (Å²) in [5.74, 6) is 2.53. The minimum atomic E-state index is -0.847. The van der Waals surface area contributed by atoms with Gasteiger partial charge in [0.2, 0.25) is 5.89 Å². The molecule has 1 aromatic heterocycles. The lowest BCUT2D eigenvalue weighted by molar-refractivity contribution is -0.137. The summed E-state index contributed by atoms with van der Waals surface area (Å²) in [6, 6.07) is 0. The molecule has 1 aliphatic heterocycles. The highest BCUT2D eigenvalue weighted by molar-refractivity contribution is 8.06. The fourth-order valence-electron chi connectivity index (χ4n) is 1.62. The van der Waals surface area contributed by atoms with Crippen molar-refractivity contribution in [3.8, 4) is 0 Å². The number of nitrogens with zero attached hydrogens (tertiary/aromatic N) is 2. The fraction of sp³-hybridized carbons (Fsp3) is 0.700. The van der Waals surface area contributed by atoms with Crippen molar-refractivity contribution in [2.75, 3.05) is 11.5 Å². The summed E-state index contributed by atoms with van der Waals surface area (Å²) in [6.45, 7) is 2.16. The van der Waals surface area contributed by atoms with Gasteiger partial charge in [0.1, 0.15) is 0 Å². The van der Waals surface area contributed by atoms with E-state index in [0.29, 0.717) is 23.4 Å². The van der Waals surface area contributed by atoms with Crippen LogP contribution in [0, 0.1) is 0 Å². The third kappa shape index (κ3) is 3.38. The molecule has 2 heterocycles. The second kappa shape index (κ2) is 5.77. The van der Waals surface area contributed by atoms with Crippen LogP contribution < -0.4 is 0 Å². The van der Waals surface area contributed by atoms with E-state index in [-0.39, 0.29) is 11.7 Å². The molecule has 0 spiro atoms. The normalized spacial score (nSPS) is 24.8. The van der Waals surface area contributed by atoms with E-state index in [0.717, 1.165) is 11.5 Å². The first kappa shape index (κ1) is 12.8. The summed E-state index contributed by atoms with van der Waals surface area (Å²) < 4.78 is 5.07. The van der Waals surface area contributed by atoms with Gasteiger partial charge in [-0.05, 0) is 0 Å². The smallest absolute Gasteiger partial charge is 0.303 e. The van der Waals surface area contributed by atoms with Crippen LogP contribution in [-0.4, -0.2) is 38.0 Å². The predicted octanol–water partition coefficient (Wildman–Crippen LogP) is 2.00. The highest BCUT2D eigenvalue weighted by Crippen LogP contribution is 2.41. The Hall–Kier alpha value is -0.690. The van der Waals surface area contributed by atoms with Crippen molar-refractivity contribution in [1.29, 1.82) is 0 Å². The molecule has 0 bridgehead atoms. The van der Waals surface area contributed by atoms with Crippen LogP contribution >= 0.6 is 23.5 Å². The Morgan fingerprint density at radius 2 is 2.29 bits per heavy atom. The second-order valence-corrected chi connectivity index (χ2v) is 6.54. The number of aryl methyl sites for hydroxylation is 1. The Labute approximate surface area is 108 Å². The second-order valence-electron chi connectivity index (χ2n) is 3.81. The van der Waals surface area contributed by atoms with E-state index in [2.05, 4.69) is 17.1 Å². The molecule has 0 amide bonds. The maximum absolute atomic E-state index is 10.4. The molecule has 5 nitrogen and oxygen atoms in total. The molecule has 1 N–H and O–H groups in total. The molecule has 1 fully saturated rings. The third-order valence-electron chi connectivity index (χ3n) is 2.48. The van der Waals surface area contributed by atoms with Crippen molar-refractivity contribution in [1.82, 2.24) is 10.1 Å². The molecule has 2 rings (SSSR count). The molecule has 94 valence electrons. The van der Waals surface area contributed by atoms with Crippen LogP contribution in [0.4, 0.5) is 0 Å². The number of thioether (sulfide) groups is 2. The van der Waals surface area contributed by atoms with Crippen LogP contribution in [0.1, 0.15) is 30.3 Å². The van der Waals surface area contributed by atoms with Crippen molar-refractivity contribution < 1.29 is 14.4 Å². The molecule has 17 heavy (non-hydrogen) atoms. The van der Waals surface area contributed by atoms with Gasteiger partial charge in [0.25, 0.3) is 0 Å². The van der Waals surface area contributed by atoms with Crippen molar-refractivity contribution in [2.24, 2.45) is 0 Å². The van der Waals surface area contributed by atoms with Crippen molar-refractivity contribution >= 4 is 29.5 Å². The quantitative estimate of drug-likeness (QED) is 0.899. The van der Waals surface area contributed by atoms with Crippen LogP contribution in [0.25, 0.3) is 0 Å². The van der Waals surface area contributed by atoms with Gasteiger partial charge in [-0.3, -0.25) is 4.79 Å². The lowest BCUT2D eigenvalue weighted by Crippen LogP contribution is -2.16. The molecular formula is C10H14N2O3S2. The molecule has 0 radical (unpaired) electrons. The van der Waals surface area contributed by atoms with Crippen LogP contribution in [0.15, 0.2) is 4.52 Å². The fourth-order valence-corrected chi connectivity index (χ4v) is 4.29. The molecule has 0 aliphatic carbocycles. The van der Waals surface area contributed by atoms with Gasteiger partial charge in [-0.1, -0.05) is 12.1 Å². The Bertz CT molecular complexity index is 397. The molecule has 1 aromatic rings. The molecular weight excluding hydrogens is 260 g/mol. The van der Waals surface area contributed by atoms with E-state index in [1.54, 1.807) is 0 Å². The Kier molecular flexibility index (Phi) is 4.33. The maximum atomic E-state index is 10.4. The number of carboxylic acids is 1. The van der Waals surface area contributed by atoms with Crippen molar-refractivity contribution in [3.05, 3.63) is 11.7 Å². The number of carboxylic acid groups (broad SMARTS) is 1. The van der Waals surface area contributed by atoms with Crippen LogP contribution in [0.5, 0.6) is 0 Å². The Morgan fingerprint density at radius 1 is 1.53 bits per heavy atom. The van der Waals surface area contributed by atoms with Gasteiger partial charge in [-0.25, -0.2) is 0 Å². The first-order valence-corrected chi connectivity index (χ1v) is 7.54. The summed E-state index contributed by atoms with van der Waals surface area (Å²) in [5.41, 5.74) is 0. The predicted molar refractivity (Wildman–Crippen MR) is 67.4 cm³/mol. The number of hydrogen-bond acceptors (Lipinski definition) is 6. The van der Waals surface area contributed by atoms with Crippen LogP contribution in [0.2, 0.25) is 0 Å². The molecule has 2 atom stereocenters. The summed E-state index contributed by atoms with van der Waals surface area (Å²) >= 11 is 3.75. The SMILES string of the molecule is CC1SCCSC1c1noc(CCC(=O)O)n1. The zero-order valence-corrected chi connectivity index (χ0v) is 11.1. The highest BCUT2D eigenvalue weighted by Gasteiger charge is 2.28. The lowest BCUT2D eigenvalue weighted by atomic mass is 10.3. The van der Waals surface area contributed by atoms with E-state index < -0.39 is 5.97 Å². The standard InChI is InChI=1S/C10H14N2O3S2/c1-6-9(17-5-4-16-6)10-11-7(15-12-10)2-3-8(13)14/h6,9H,2-5H2,1H3,(H,13,14). The average molecular weight is 274 g/mol. The van der Waals surface area contributed by atoms with E-state index in [9.17, 15) is 4.79 Å². The zero-order chi connectivity index (χ0) is 12.3. The van der Waals surface area contributed by atoms with Gasteiger partial charge in [0.15, 0.2) is 5.82 Å². The number of carbonyl (C=O) groups is 1. The van der Waals surface area contributed by atoms with Gasteiger partial charge >= 0.3 is 5.97 Å². The minimum absolute atomic E-state index is 0.0315. The van der Waals surface area contributed by atoms with Crippen molar-refractivity contribution in [2.45, 2.75) is 30.3 Å². The molecule has 0 saturated carbocycles. The zero-order valence-electron chi connectivity index (χ0n) is 9.46. The van der Waals surface area contributed by atoms with Gasteiger partial charge in [0.05, 0.1) is 11.7 Å². The average Bonchev–Trinajstić information content (AvgIpc) is 2.75. The van der Waals surface area contributed by atoms with Gasteiger partial charge < -0.3 is 9.63 Å². The summed E-state index contributed by atoms with van der Waals surface area (Å²) in [4.78, 5) is 14.7. The van der Waals surface area contributed by atoms with Gasteiger partial charge in [-0.2, -0.15) is 16.7 Å². The van der Waals surface area contributed by atoms with E-state index >= 15 is 0 Å². The van der Waals surface area contributed by atoms with E-state index in [1.807, 2.05) is 23.5 Å². The van der Waals surface area contributed by atoms with E-state index in [1.165, 1.54) is 0 Å². The Morgan fingerprint density at radius 3 is 3.00 bits per heavy atom. The molecule has 2 unspecified atom stereocenters. The van der Waals surface area contributed by atoms with Crippen LogP contribution in [0.3, 0.4) is 0 Å². The topological polar surface area (TPSA) is 76.2 Å². The summed E-state index contributed by atoms with van der Waals surface area (Å²) in [7, 11) is 0. The number of aromatic nitrogens is 2. The first-order chi connectivity index (χ1) is 8.16.